The second-order valence-electron chi connectivity index (χ2n) is 2.27. The van der Waals surface area contributed by atoms with Crippen LogP contribution in [0.3, 0.4) is 0 Å². The highest BCUT2D eigenvalue weighted by atomic mass is 79.9. The third kappa shape index (κ3) is 2.69. The molecule has 2 nitrogen and oxygen atoms in total. The molecule has 0 aliphatic carbocycles. The third-order valence-electron chi connectivity index (χ3n) is 1.25. The van der Waals surface area contributed by atoms with Gasteiger partial charge in [0, 0.05) is 6.92 Å². The molecule has 0 N–H and O–H groups in total. The fourth-order valence-electron chi connectivity index (χ4n) is 0.742. The van der Waals surface area contributed by atoms with Crippen LogP contribution in [0.1, 0.15) is 6.92 Å². The predicted molar refractivity (Wildman–Crippen MR) is 58.2 cm³/mol. The van der Waals surface area contributed by atoms with E-state index < -0.39 is 0 Å². The number of esters is 1. The van der Waals surface area contributed by atoms with Gasteiger partial charge in [-0.25, -0.2) is 0 Å². The lowest BCUT2D eigenvalue weighted by molar-refractivity contribution is -0.131. The maximum atomic E-state index is 10.7. The number of rotatable bonds is 1. The van der Waals surface area contributed by atoms with Crippen LogP contribution in [0.25, 0.3) is 0 Å². The monoisotopic (exact) mass is 326 g/mol. The summed E-state index contributed by atoms with van der Waals surface area (Å²) < 4.78 is 6.21. The lowest BCUT2D eigenvalue weighted by atomic mass is 10.3. The highest BCUT2D eigenvalue weighted by molar-refractivity contribution is 9.13. The molecule has 0 saturated carbocycles. The Hall–Kier alpha value is -0.0600. The number of benzene rings is 1. The van der Waals surface area contributed by atoms with Gasteiger partial charge in [0.05, 0.1) is 14.0 Å². The molecule has 0 saturated heterocycles. The van der Waals surface area contributed by atoms with E-state index in [1.165, 1.54) is 6.92 Å². The zero-order valence-electron chi connectivity index (χ0n) is 6.61. The van der Waals surface area contributed by atoms with Crippen molar-refractivity contribution in [3.8, 4) is 5.75 Å². The van der Waals surface area contributed by atoms with Crippen molar-refractivity contribution in [1.82, 2.24) is 0 Å². The van der Waals surface area contributed by atoms with Crippen LogP contribution in [-0.2, 0) is 4.79 Å². The Morgan fingerprint density at radius 2 is 2.00 bits per heavy atom. The standard InChI is InChI=1S/C8H5Br2ClO2/c1-4(12)13-6-3-2-5(11)7(9)8(6)10/h2-3H,1H3. The zero-order valence-corrected chi connectivity index (χ0v) is 10.5. The van der Waals surface area contributed by atoms with E-state index in [9.17, 15) is 4.79 Å². The van der Waals surface area contributed by atoms with Crippen molar-refractivity contribution in [1.29, 1.82) is 0 Å². The molecule has 1 rings (SSSR count). The predicted octanol–water partition coefficient (Wildman–Crippen LogP) is 3.79. The van der Waals surface area contributed by atoms with E-state index in [1.54, 1.807) is 12.1 Å². The SMILES string of the molecule is CC(=O)Oc1ccc(Cl)c(Br)c1Br. The molecule has 1 aromatic rings. The molecule has 0 radical (unpaired) electrons. The number of carbonyl (C=O) groups is 1. The van der Waals surface area contributed by atoms with Crippen molar-refractivity contribution in [3.63, 3.8) is 0 Å². The van der Waals surface area contributed by atoms with Gasteiger partial charge in [0.1, 0.15) is 5.75 Å². The summed E-state index contributed by atoms with van der Waals surface area (Å²) in [4.78, 5) is 10.7. The van der Waals surface area contributed by atoms with Gasteiger partial charge in [0.25, 0.3) is 0 Å². The van der Waals surface area contributed by atoms with Crippen molar-refractivity contribution in [2.75, 3.05) is 0 Å². The molecule has 70 valence electrons. The summed E-state index contributed by atoms with van der Waals surface area (Å²) in [5.74, 6) is 0.0821. The van der Waals surface area contributed by atoms with Crippen LogP contribution in [0.5, 0.6) is 5.75 Å². The molecule has 0 aromatic heterocycles. The van der Waals surface area contributed by atoms with Crippen LogP contribution in [0.15, 0.2) is 21.1 Å². The highest BCUT2D eigenvalue weighted by Crippen LogP contribution is 2.37. The molecule has 13 heavy (non-hydrogen) atoms. The maximum absolute atomic E-state index is 10.7. The largest absolute Gasteiger partial charge is 0.425 e. The van der Waals surface area contributed by atoms with Gasteiger partial charge in [-0.1, -0.05) is 11.6 Å². The van der Waals surface area contributed by atoms with Crippen LogP contribution < -0.4 is 4.74 Å². The third-order valence-corrected chi connectivity index (χ3v) is 3.94. The second-order valence-corrected chi connectivity index (χ2v) is 4.26. The number of carbonyl (C=O) groups excluding carboxylic acids is 1. The average molecular weight is 328 g/mol. The van der Waals surface area contributed by atoms with Gasteiger partial charge >= 0.3 is 5.97 Å². The smallest absolute Gasteiger partial charge is 0.308 e. The average Bonchev–Trinajstić information content (AvgIpc) is 2.06. The minimum atomic E-state index is -0.366. The maximum Gasteiger partial charge on any atom is 0.308 e. The fourth-order valence-corrected chi connectivity index (χ4v) is 1.77. The van der Waals surface area contributed by atoms with Gasteiger partial charge in [0.2, 0.25) is 0 Å². The molecular weight excluding hydrogens is 323 g/mol. The molecular formula is C8H5Br2ClO2. The summed E-state index contributed by atoms with van der Waals surface area (Å²) in [5, 5.41) is 0.558. The summed E-state index contributed by atoms with van der Waals surface area (Å²) in [6, 6.07) is 3.27. The first-order chi connectivity index (χ1) is 6.02. The minimum absolute atomic E-state index is 0.366. The Labute approximate surface area is 97.5 Å². The van der Waals surface area contributed by atoms with Crippen LogP contribution in [0, 0.1) is 0 Å². The molecule has 1 aromatic carbocycles. The Kier molecular flexibility index (Phi) is 3.76. The first-order valence-corrected chi connectivity index (χ1v) is 5.30. The Morgan fingerprint density at radius 1 is 1.38 bits per heavy atom. The van der Waals surface area contributed by atoms with Gasteiger partial charge in [-0.05, 0) is 44.0 Å². The Morgan fingerprint density at radius 3 is 2.54 bits per heavy atom. The molecule has 0 fully saturated rings. The minimum Gasteiger partial charge on any atom is -0.425 e. The van der Waals surface area contributed by atoms with Crippen molar-refractivity contribution in [3.05, 3.63) is 26.1 Å². The lowest BCUT2D eigenvalue weighted by Crippen LogP contribution is -2.01. The molecule has 0 aliphatic rings. The number of ether oxygens (including phenoxy) is 1. The molecule has 0 unspecified atom stereocenters. The molecule has 0 bridgehead atoms. The van der Waals surface area contributed by atoms with Crippen molar-refractivity contribution >= 4 is 49.4 Å². The van der Waals surface area contributed by atoms with Gasteiger partial charge in [0.15, 0.2) is 0 Å². The van der Waals surface area contributed by atoms with E-state index in [1.807, 2.05) is 0 Å². The van der Waals surface area contributed by atoms with Crippen molar-refractivity contribution < 1.29 is 9.53 Å². The Balaban J connectivity index is 3.10. The quantitative estimate of drug-likeness (QED) is 0.445. The van der Waals surface area contributed by atoms with Crippen molar-refractivity contribution in [2.45, 2.75) is 6.92 Å². The number of halogens is 3. The van der Waals surface area contributed by atoms with E-state index in [-0.39, 0.29) is 5.97 Å². The van der Waals surface area contributed by atoms with E-state index in [2.05, 4.69) is 31.9 Å². The van der Waals surface area contributed by atoms with E-state index in [0.29, 0.717) is 19.7 Å². The molecule has 0 atom stereocenters. The molecule has 0 amide bonds. The van der Waals surface area contributed by atoms with Gasteiger partial charge in [-0.2, -0.15) is 0 Å². The van der Waals surface area contributed by atoms with Crippen molar-refractivity contribution in [2.24, 2.45) is 0 Å². The van der Waals surface area contributed by atoms with Crippen LogP contribution >= 0.6 is 43.5 Å². The molecule has 5 heteroatoms. The topological polar surface area (TPSA) is 26.3 Å². The summed E-state index contributed by atoms with van der Waals surface area (Å²) in [6.45, 7) is 1.34. The van der Waals surface area contributed by atoms with E-state index in [4.69, 9.17) is 16.3 Å². The number of hydrogen-bond acceptors (Lipinski definition) is 2. The molecule has 0 spiro atoms. The molecule has 0 heterocycles. The van der Waals surface area contributed by atoms with Crippen LogP contribution in [0.4, 0.5) is 0 Å². The van der Waals surface area contributed by atoms with Crippen LogP contribution in [0.2, 0.25) is 5.02 Å². The lowest BCUT2D eigenvalue weighted by Gasteiger charge is -2.06. The number of hydrogen-bond donors (Lipinski definition) is 0. The van der Waals surface area contributed by atoms with Gasteiger partial charge < -0.3 is 4.74 Å². The van der Waals surface area contributed by atoms with E-state index >= 15 is 0 Å². The summed E-state index contributed by atoms with van der Waals surface area (Å²) in [7, 11) is 0. The van der Waals surface area contributed by atoms with Crippen LogP contribution in [-0.4, -0.2) is 5.97 Å². The normalized spacial score (nSPS) is 9.85. The summed E-state index contributed by atoms with van der Waals surface area (Å²) in [5.41, 5.74) is 0. The van der Waals surface area contributed by atoms with E-state index in [0.717, 1.165) is 0 Å². The summed E-state index contributed by atoms with van der Waals surface area (Å²) in [6.07, 6.45) is 0. The first kappa shape index (κ1) is 11.0. The first-order valence-electron chi connectivity index (χ1n) is 3.34. The zero-order chi connectivity index (χ0) is 10.0. The second kappa shape index (κ2) is 4.44. The Bertz CT molecular complexity index is 352. The van der Waals surface area contributed by atoms with Gasteiger partial charge in [-0.3, -0.25) is 4.79 Å². The highest BCUT2D eigenvalue weighted by Gasteiger charge is 2.09. The van der Waals surface area contributed by atoms with Gasteiger partial charge in [-0.15, -0.1) is 0 Å². The summed E-state index contributed by atoms with van der Waals surface area (Å²) >= 11 is 12.3. The fraction of sp³-hybridized carbons (Fsp3) is 0.125. The molecule has 0 aliphatic heterocycles.